The van der Waals surface area contributed by atoms with Crippen molar-refractivity contribution in [3.63, 3.8) is 0 Å². The number of nitrogens with one attached hydrogen (secondary N) is 1. The van der Waals surface area contributed by atoms with Crippen molar-refractivity contribution in [3.05, 3.63) is 34.4 Å². The second-order valence-electron chi connectivity index (χ2n) is 4.78. The van der Waals surface area contributed by atoms with Gasteiger partial charge in [0, 0.05) is 12.1 Å². The molecule has 20 heavy (non-hydrogen) atoms. The molecular weight excluding hydrogens is 287 g/mol. The SMILES string of the molecule is O=[N+]([O-])c1ccc(S(=O)(=O)N[C@@H]2CCCC[C@H]2F)cc1. The smallest absolute Gasteiger partial charge is 0.258 e. The first-order valence-electron chi connectivity index (χ1n) is 6.31. The second-order valence-corrected chi connectivity index (χ2v) is 6.49. The Morgan fingerprint density at radius 1 is 1.20 bits per heavy atom. The normalized spacial score (nSPS) is 23.4. The summed E-state index contributed by atoms with van der Waals surface area (Å²) in [5, 5.41) is 10.5. The number of nitro benzene ring substituents is 1. The van der Waals surface area contributed by atoms with E-state index in [1.807, 2.05) is 0 Å². The van der Waals surface area contributed by atoms with Crippen LogP contribution in [-0.4, -0.2) is 25.6 Å². The minimum atomic E-state index is -3.85. The van der Waals surface area contributed by atoms with Crippen LogP contribution in [0.5, 0.6) is 0 Å². The lowest BCUT2D eigenvalue weighted by Gasteiger charge is -2.26. The summed E-state index contributed by atoms with van der Waals surface area (Å²) in [6, 6.07) is 3.81. The van der Waals surface area contributed by atoms with Gasteiger partial charge in [0.2, 0.25) is 10.0 Å². The summed E-state index contributed by atoms with van der Waals surface area (Å²) in [6.45, 7) is 0. The first kappa shape index (κ1) is 14.9. The number of alkyl halides is 1. The Balaban J connectivity index is 2.15. The van der Waals surface area contributed by atoms with Gasteiger partial charge in [-0.05, 0) is 25.0 Å². The highest BCUT2D eigenvalue weighted by molar-refractivity contribution is 7.89. The van der Waals surface area contributed by atoms with Crippen molar-refractivity contribution in [2.75, 3.05) is 0 Å². The third-order valence-electron chi connectivity index (χ3n) is 3.35. The number of nitrogens with zero attached hydrogens (tertiary/aromatic N) is 1. The third-order valence-corrected chi connectivity index (χ3v) is 4.85. The van der Waals surface area contributed by atoms with E-state index in [2.05, 4.69) is 4.72 Å². The van der Waals surface area contributed by atoms with Gasteiger partial charge in [0.1, 0.15) is 6.17 Å². The van der Waals surface area contributed by atoms with Crippen molar-refractivity contribution >= 4 is 15.7 Å². The molecule has 0 bridgehead atoms. The molecule has 1 aromatic carbocycles. The van der Waals surface area contributed by atoms with Crippen molar-refractivity contribution in [2.45, 2.75) is 42.8 Å². The number of halogens is 1. The van der Waals surface area contributed by atoms with E-state index in [0.29, 0.717) is 12.8 Å². The van der Waals surface area contributed by atoms with Crippen LogP contribution in [0.1, 0.15) is 25.7 Å². The molecule has 0 unspecified atom stereocenters. The molecule has 2 rings (SSSR count). The lowest BCUT2D eigenvalue weighted by molar-refractivity contribution is -0.384. The number of hydrogen-bond donors (Lipinski definition) is 1. The highest BCUT2D eigenvalue weighted by Gasteiger charge is 2.29. The fraction of sp³-hybridized carbons (Fsp3) is 0.500. The monoisotopic (exact) mass is 302 g/mol. The molecule has 0 amide bonds. The van der Waals surface area contributed by atoms with Gasteiger partial charge >= 0.3 is 0 Å². The van der Waals surface area contributed by atoms with Crippen molar-refractivity contribution in [2.24, 2.45) is 0 Å². The molecule has 0 radical (unpaired) electrons. The largest absolute Gasteiger partial charge is 0.269 e. The molecule has 0 aromatic heterocycles. The maximum atomic E-state index is 13.6. The zero-order chi connectivity index (χ0) is 14.8. The molecule has 0 aliphatic heterocycles. The topological polar surface area (TPSA) is 89.3 Å². The van der Waals surface area contributed by atoms with Crippen molar-refractivity contribution in [1.29, 1.82) is 0 Å². The summed E-state index contributed by atoms with van der Waals surface area (Å²) in [5.74, 6) is 0. The van der Waals surface area contributed by atoms with E-state index in [0.717, 1.165) is 37.1 Å². The van der Waals surface area contributed by atoms with E-state index in [9.17, 15) is 22.9 Å². The van der Waals surface area contributed by atoms with Crippen LogP contribution in [0.25, 0.3) is 0 Å². The van der Waals surface area contributed by atoms with Crippen LogP contribution >= 0.6 is 0 Å². The van der Waals surface area contributed by atoms with Crippen LogP contribution in [0.3, 0.4) is 0 Å². The molecule has 1 fully saturated rings. The molecule has 110 valence electrons. The van der Waals surface area contributed by atoms with Crippen LogP contribution in [0.4, 0.5) is 10.1 Å². The third kappa shape index (κ3) is 3.31. The van der Waals surface area contributed by atoms with E-state index in [1.165, 1.54) is 0 Å². The molecular formula is C12H15FN2O4S. The molecule has 8 heteroatoms. The van der Waals surface area contributed by atoms with E-state index in [1.54, 1.807) is 0 Å². The standard InChI is InChI=1S/C12H15FN2O4S/c13-11-3-1-2-4-12(11)14-20(18,19)10-7-5-9(6-8-10)15(16)17/h5-8,11-12,14H,1-4H2/t11-,12-/m1/s1. The molecule has 0 saturated heterocycles. The van der Waals surface area contributed by atoms with E-state index >= 15 is 0 Å². The number of non-ortho nitro benzene ring substituents is 1. The Labute approximate surface area is 116 Å². The van der Waals surface area contributed by atoms with Crippen LogP contribution < -0.4 is 4.72 Å². The maximum absolute atomic E-state index is 13.6. The molecule has 2 atom stereocenters. The predicted molar refractivity (Wildman–Crippen MR) is 70.6 cm³/mol. The van der Waals surface area contributed by atoms with Gasteiger partial charge in [0.15, 0.2) is 0 Å². The molecule has 1 aliphatic carbocycles. The lowest BCUT2D eigenvalue weighted by atomic mass is 9.95. The minimum Gasteiger partial charge on any atom is -0.258 e. The minimum absolute atomic E-state index is 0.0964. The van der Waals surface area contributed by atoms with E-state index < -0.39 is 27.2 Å². The van der Waals surface area contributed by atoms with Crippen molar-refractivity contribution in [3.8, 4) is 0 Å². The average molecular weight is 302 g/mol. The lowest BCUT2D eigenvalue weighted by Crippen LogP contribution is -2.43. The maximum Gasteiger partial charge on any atom is 0.269 e. The first-order valence-corrected chi connectivity index (χ1v) is 7.79. The van der Waals surface area contributed by atoms with Crippen LogP contribution in [0.2, 0.25) is 0 Å². The van der Waals surface area contributed by atoms with Gasteiger partial charge in [-0.2, -0.15) is 0 Å². The molecule has 6 nitrogen and oxygen atoms in total. The number of benzene rings is 1. The highest BCUT2D eigenvalue weighted by atomic mass is 32.2. The second kappa shape index (κ2) is 5.84. The van der Waals surface area contributed by atoms with Gasteiger partial charge in [0.25, 0.3) is 5.69 Å². The first-order chi connectivity index (χ1) is 9.40. The van der Waals surface area contributed by atoms with E-state index in [4.69, 9.17) is 0 Å². The van der Waals surface area contributed by atoms with Crippen molar-refractivity contribution < 1.29 is 17.7 Å². The summed E-state index contributed by atoms with van der Waals surface area (Å²) >= 11 is 0. The van der Waals surface area contributed by atoms with Gasteiger partial charge in [0.05, 0.1) is 15.9 Å². The van der Waals surface area contributed by atoms with Crippen LogP contribution in [0, 0.1) is 10.1 Å². The fourth-order valence-corrected chi connectivity index (χ4v) is 3.53. The Hall–Kier alpha value is -1.54. The number of sulfonamides is 1. The van der Waals surface area contributed by atoms with Crippen LogP contribution in [0.15, 0.2) is 29.2 Å². The fourth-order valence-electron chi connectivity index (χ4n) is 2.23. The number of rotatable bonds is 4. The highest BCUT2D eigenvalue weighted by Crippen LogP contribution is 2.23. The quantitative estimate of drug-likeness (QED) is 0.681. The van der Waals surface area contributed by atoms with Gasteiger partial charge in [-0.15, -0.1) is 0 Å². The van der Waals surface area contributed by atoms with E-state index in [-0.39, 0.29) is 10.6 Å². The Kier molecular flexibility index (Phi) is 4.34. The van der Waals surface area contributed by atoms with Gasteiger partial charge in [-0.1, -0.05) is 12.8 Å². The Bertz CT molecular complexity index is 588. The average Bonchev–Trinajstić information content (AvgIpc) is 2.41. The molecule has 1 aliphatic rings. The molecule has 1 aromatic rings. The summed E-state index contributed by atoms with van der Waals surface area (Å²) in [5.41, 5.74) is -0.190. The Morgan fingerprint density at radius 3 is 2.35 bits per heavy atom. The zero-order valence-electron chi connectivity index (χ0n) is 10.7. The molecule has 0 heterocycles. The summed E-state index contributed by atoms with van der Waals surface area (Å²) in [4.78, 5) is 9.81. The number of nitro groups is 1. The van der Waals surface area contributed by atoms with Crippen LogP contribution in [-0.2, 0) is 10.0 Å². The van der Waals surface area contributed by atoms with Gasteiger partial charge < -0.3 is 0 Å². The molecule has 1 N–H and O–H groups in total. The summed E-state index contributed by atoms with van der Waals surface area (Å²) in [7, 11) is -3.85. The van der Waals surface area contributed by atoms with Gasteiger partial charge in [-0.25, -0.2) is 17.5 Å². The molecule has 0 spiro atoms. The zero-order valence-corrected chi connectivity index (χ0v) is 11.5. The number of hydrogen-bond acceptors (Lipinski definition) is 4. The molecule has 1 saturated carbocycles. The summed E-state index contributed by atoms with van der Waals surface area (Å²) < 4.78 is 40.1. The van der Waals surface area contributed by atoms with Gasteiger partial charge in [-0.3, -0.25) is 10.1 Å². The Morgan fingerprint density at radius 2 is 1.80 bits per heavy atom. The summed E-state index contributed by atoms with van der Waals surface area (Å²) in [6.07, 6.45) is 1.18. The van der Waals surface area contributed by atoms with Crippen molar-refractivity contribution in [1.82, 2.24) is 4.72 Å². The predicted octanol–water partition coefficient (Wildman–Crippen LogP) is 2.15.